The molecule has 0 aromatic heterocycles. The molecule has 1 heterocycles. The second-order valence-corrected chi connectivity index (χ2v) is 7.37. The molecule has 2 N–H and O–H groups in total. The van der Waals surface area contributed by atoms with Crippen LogP contribution in [0.1, 0.15) is 58.3 Å². The Balaban J connectivity index is 1.41. The Kier molecular flexibility index (Phi) is 3.95. The molecule has 0 spiro atoms. The van der Waals surface area contributed by atoms with Gasteiger partial charge < -0.3 is 10.6 Å². The molecule has 18 heavy (non-hydrogen) atoms. The lowest BCUT2D eigenvalue weighted by Crippen LogP contribution is -2.42. The standard InChI is InChI=1S/C16H30N2/c1-16(8-3-2-4-9-16)12-17-11-15-14-7-5-6-13(14)10-18-15/h13-15,17-18H,2-12H2,1H3. The Labute approximate surface area is 112 Å². The molecule has 0 amide bonds. The van der Waals surface area contributed by atoms with Crippen LogP contribution in [0.5, 0.6) is 0 Å². The van der Waals surface area contributed by atoms with Crippen LogP contribution in [0.2, 0.25) is 0 Å². The SMILES string of the molecule is CC1(CNCC2NCC3CCCC32)CCCCC1. The first-order valence-corrected chi connectivity index (χ1v) is 8.21. The van der Waals surface area contributed by atoms with Gasteiger partial charge in [-0.15, -0.1) is 0 Å². The van der Waals surface area contributed by atoms with Gasteiger partial charge in [0.15, 0.2) is 0 Å². The third-order valence-electron chi connectivity index (χ3n) is 5.85. The third kappa shape index (κ3) is 2.75. The zero-order valence-electron chi connectivity index (χ0n) is 12.0. The van der Waals surface area contributed by atoms with E-state index in [1.807, 2.05) is 0 Å². The molecule has 3 rings (SSSR count). The molecule has 1 saturated heterocycles. The summed E-state index contributed by atoms with van der Waals surface area (Å²) >= 11 is 0. The molecule has 1 aliphatic heterocycles. The van der Waals surface area contributed by atoms with Gasteiger partial charge in [0.05, 0.1) is 0 Å². The Morgan fingerprint density at radius 2 is 1.94 bits per heavy atom. The first-order valence-electron chi connectivity index (χ1n) is 8.21. The van der Waals surface area contributed by atoms with Crippen LogP contribution in [-0.2, 0) is 0 Å². The Morgan fingerprint density at radius 1 is 1.11 bits per heavy atom. The van der Waals surface area contributed by atoms with Gasteiger partial charge >= 0.3 is 0 Å². The van der Waals surface area contributed by atoms with E-state index in [0.29, 0.717) is 5.41 Å². The summed E-state index contributed by atoms with van der Waals surface area (Å²) in [5, 5.41) is 7.53. The average Bonchev–Trinajstić information content (AvgIpc) is 2.94. The average molecular weight is 250 g/mol. The van der Waals surface area contributed by atoms with Crippen LogP contribution in [0.15, 0.2) is 0 Å². The van der Waals surface area contributed by atoms with Gasteiger partial charge in [-0.3, -0.25) is 0 Å². The summed E-state index contributed by atoms with van der Waals surface area (Å²) in [5.74, 6) is 1.98. The Hall–Kier alpha value is -0.0800. The monoisotopic (exact) mass is 250 g/mol. The zero-order valence-corrected chi connectivity index (χ0v) is 12.0. The van der Waals surface area contributed by atoms with E-state index in [-0.39, 0.29) is 0 Å². The normalized spacial score (nSPS) is 38.8. The fourth-order valence-electron chi connectivity index (χ4n) is 4.64. The van der Waals surface area contributed by atoms with Gasteiger partial charge in [-0.05, 0) is 49.5 Å². The molecule has 3 fully saturated rings. The lowest BCUT2D eigenvalue weighted by molar-refractivity contribution is 0.204. The van der Waals surface area contributed by atoms with Gasteiger partial charge in [0, 0.05) is 19.1 Å². The van der Waals surface area contributed by atoms with Gasteiger partial charge in [0.2, 0.25) is 0 Å². The summed E-state index contributed by atoms with van der Waals surface area (Å²) in [7, 11) is 0. The minimum Gasteiger partial charge on any atom is -0.315 e. The van der Waals surface area contributed by atoms with Crippen LogP contribution in [0.25, 0.3) is 0 Å². The molecule has 3 unspecified atom stereocenters. The van der Waals surface area contributed by atoms with Crippen molar-refractivity contribution in [2.24, 2.45) is 17.3 Å². The summed E-state index contributed by atoms with van der Waals surface area (Å²) in [5.41, 5.74) is 0.589. The second-order valence-electron chi connectivity index (χ2n) is 7.37. The van der Waals surface area contributed by atoms with Crippen molar-refractivity contribution in [1.82, 2.24) is 10.6 Å². The fourth-order valence-corrected chi connectivity index (χ4v) is 4.64. The smallest absolute Gasteiger partial charge is 0.0223 e. The second kappa shape index (κ2) is 5.50. The molecule has 0 bridgehead atoms. The molecule has 2 heteroatoms. The predicted molar refractivity (Wildman–Crippen MR) is 76.7 cm³/mol. The maximum atomic E-state index is 3.79. The summed E-state index contributed by atoms with van der Waals surface area (Å²) in [4.78, 5) is 0. The Bertz CT molecular complexity index is 270. The topological polar surface area (TPSA) is 24.1 Å². The summed E-state index contributed by atoms with van der Waals surface area (Å²) in [6, 6.07) is 0.768. The first kappa shape index (κ1) is 12.9. The molecular weight excluding hydrogens is 220 g/mol. The van der Waals surface area contributed by atoms with Crippen LogP contribution in [0.3, 0.4) is 0 Å². The van der Waals surface area contributed by atoms with E-state index in [4.69, 9.17) is 0 Å². The Morgan fingerprint density at radius 3 is 2.78 bits per heavy atom. The highest BCUT2D eigenvalue weighted by Crippen LogP contribution is 2.38. The van der Waals surface area contributed by atoms with Gasteiger partial charge in [0.25, 0.3) is 0 Å². The van der Waals surface area contributed by atoms with Gasteiger partial charge in [0.1, 0.15) is 0 Å². The highest BCUT2D eigenvalue weighted by molar-refractivity contribution is 4.95. The van der Waals surface area contributed by atoms with Crippen molar-refractivity contribution in [2.45, 2.75) is 64.3 Å². The van der Waals surface area contributed by atoms with Crippen LogP contribution in [0, 0.1) is 17.3 Å². The number of hydrogen-bond donors (Lipinski definition) is 2. The molecular formula is C16H30N2. The molecule has 0 radical (unpaired) electrons. The van der Waals surface area contributed by atoms with Crippen molar-refractivity contribution in [3.63, 3.8) is 0 Å². The van der Waals surface area contributed by atoms with E-state index in [1.165, 1.54) is 71.0 Å². The fraction of sp³-hybridized carbons (Fsp3) is 1.00. The molecule has 104 valence electrons. The maximum Gasteiger partial charge on any atom is 0.0223 e. The van der Waals surface area contributed by atoms with E-state index in [9.17, 15) is 0 Å². The molecule has 3 aliphatic rings. The number of rotatable bonds is 4. The van der Waals surface area contributed by atoms with E-state index in [2.05, 4.69) is 17.6 Å². The van der Waals surface area contributed by atoms with E-state index < -0.39 is 0 Å². The minimum absolute atomic E-state index is 0.589. The van der Waals surface area contributed by atoms with Crippen LogP contribution < -0.4 is 10.6 Å². The van der Waals surface area contributed by atoms with Crippen molar-refractivity contribution >= 4 is 0 Å². The summed E-state index contributed by atoms with van der Waals surface area (Å²) in [6.45, 7) is 6.22. The number of nitrogens with one attached hydrogen (secondary N) is 2. The van der Waals surface area contributed by atoms with Crippen LogP contribution >= 0.6 is 0 Å². The van der Waals surface area contributed by atoms with E-state index in [1.54, 1.807) is 0 Å². The van der Waals surface area contributed by atoms with Gasteiger partial charge in [-0.25, -0.2) is 0 Å². The highest BCUT2D eigenvalue weighted by Gasteiger charge is 2.38. The lowest BCUT2D eigenvalue weighted by atomic mass is 9.75. The zero-order chi connectivity index (χ0) is 12.4. The van der Waals surface area contributed by atoms with E-state index >= 15 is 0 Å². The van der Waals surface area contributed by atoms with E-state index in [0.717, 1.165) is 17.9 Å². The number of hydrogen-bond acceptors (Lipinski definition) is 2. The largest absolute Gasteiger partial charge is 0.315 e. The molecule has 2 aliphatic carbocycles. The molecule has 3 atom stereocenters. The van der Waals surface area contributed by atoms with Crippen molar-refractivity contribution in [2.75, 3.05) is 19.6 Å². The predicted octanol–water partition coefficient (Wildman–Crippen LogP) is 2.93. The van der Waals surface area contributed by atoms with Crippen molar-refractivity contribution in [1.29, 1.82) is 0 Å². The van der Waals surface area contributed by atoms with Crippen molar-refractivity contribution in [3.8, 4) is 0 Å². The van der Waals surface area contributed by atoms with Crippen LogP contribution in [0.4, 0.5) is 0 Å². The quantitative estimate of drug-likeness (QED) is 0.801. The lowest BCUT2D eigenvalue weighted by Gasteiger charge is -2.34. The van der Waals surface area contributed by atoms with Gasteiger partial charge in [-0.2, -0.15) is 0 Å². The molecule has 0 aromatic carbocycles. The first-order chi connectivity index (χ1) is 8.77. The number of fused-ring (bicyclic) bond motifs is 1. The molecule has 2 nitrogen and oxygen atoms in total. The third-order valence-corrected chi connectivity index (χ3v) is 5.85. The van der Waals surface area contributed by atoms with Crippen molar-refractivity contribution in [3.05, 3.63) is 0 Å². The van der Waals surface area contributed by atoms with Gasteiger partial charge in [-0.1, -0.05) is 32.6 Å². The summed E-state index contributed by atoms with van der Waals surface area (Å²) in [6.07, 6.45) is 11.7. The maximum absolute atomic E-state index is 3.79. The van der Waals surface area contributed by atoms with Crippen molar-refractivity contribution < 1.29 is 0 Å². The minimum atomic E-state index is 0.589. The summed E-state index contributed by atoms with van der Waals surface area (Å²) < 4.78 is 0. The molecule has 0 aromatic rings. The molecule has 2 saturated carbocycles. The highest BCUT2D eigenvalue weighted by atomic mass is 15.0. The van der Waals surface area contributed by atoms with Crippen LogP contribution in [-0.4, -0.2) is 25.7 Å².